The number of piperidine rings is 1. The highest BCUT2D eigenvalue weighted by Gasteiger charge is 2.36. The van der Waals surface area contributed by atoms with E-state index in [2.05, 4.69) is 25.7 Å². The number of nitrogens with zero attached hydrogens (tertiary/aromatic N) is 5. The molecule has 2 N–H and O–H groups in total. The summed E-state index contributed by atoms with van der Waals surface area (Å²) in [4.78, 5) is 49.4. The molecule has 0 aliphatic carbocycles. The van der Waals surface area contributed by atoms with Crippen molar-refractivity contribution in [1.82, 2.24) is 35.1 Å². The van der Waals surface area contributed by atoms with Gasteiger partial charge in [0.05, 0.1) is 13.2 Å². The lowest BCUT2D eigenvalue weighted by molar-refractivity contribution is -0.123. The van der Waals surface area contributed by atoms with Gasteiger partial charge in [-0.1, -0.05) is 6.07 Å². The van der Waals surface area contributed by atoms with E-state index >= 15 is 0 Å². The van der Waals surface area contributed by atoms with Crippen LogP contribution < -0.4 is 24.8 Å². The first-order chi connectivity index (χ1) is 20.4. The first-order valence-corrected chi connectivity index (χ1v) is 13.5. The summed E-state index contributed by atoms with van der Waals surface area (Å²) < 4.78 is 19.1. The number of aromatic nitrogens is 4. The van der Waals surface area contributed by atoms with Crippen LogP contribution in [0, 0.1) is 6.92 Å². The molecule has 0 saturated carbocycles. The molecule has 1 saturated heterocycles. The zero-order valence-corrected chi connectivity index (χ0v) is 23.1. The van der Waals surface area contributed by atoms with Crippen LogP contribution in [0.5, 0.6) is 17.2 Å². The van der Waals surface area contributed by atoms with Gasteiger partial charge in [0.15, 0.2) is 6.61 Å². The highest BCUT2D eigenvalue weighted by molar-refractivity contribution is 5.95. The number of carbonyl (C=O) groups is 3. The van der Waals surface area contributed by atoms with Crippen molar-refractivity contribution in [3.8, 4) is 17.2 Å². The average Bonchev–Trinajstić information content (AvgIpc) is 3.44. The third-order valence-corrected chi connectivity index (χ3v) is 7.29. The van der Waals surface area contributed by atoms with Gasteiger partial charge in [-0.05, 0) is 42.8 Å². The van der Waals surface area contributed by atoms with Gasteiger partial charge in [-0.3, -0.25) is 14.4 Å². The first-order valence-electron chi connectivity index (χ1n) is 13.5. The standard InChI is InChI=1S/C29H29N7O6/c1-17-4-5-18-12-23(17)41-16-25(37)31-14-19-6-7-20(13-24(19)40-2)42-22-8-11-35(15-21(22)32-27(18)38)28(39)26-33-29-30-9-3-10-36(29)34-26/h3-7,9-10,12-13,21-22H,8,11,14-16H2,1-2H3,(H,31,37)(H,32,38)/t21-,22+/m0/s1. The molecule has 0 spiro atoms. The third kappa shape index (κ3) is 5.53. The van der Waals surface area contributed by atoms with E-state index in [-0.39, 0.29) is 43.2 Å². The van der Waals surface area contributed by atoms with Crippen LogP contribution in [0.3, 0.4) is 0 Å². The monoisotopic (exact) mass is 571 g/mol. The highest BCUT2D eigenvalue weighted by atomic mass is 16.5. The Kier molecular flexibility index (Phi) is 7.30. The smallest absolute Gasteiger partial charge is 0.293 e. The molecule has 5 heterocycles. The molecule has 1 fully saturated rings. The predicted molar refractivity (Wildman–Crippen MR) is 148 cm³/mol. The molecule has 13 nitrogen and oxygen atoms in total. The molecule has 3 aliphatic rings. The number of aryl methyl sites for hydroxylation is 1. The van der Waals surface area contributed by atoms with Crippen LogP contribution in [0.15, 0.2) is 54.9 Å². The van der Waals surface area contributed by atoms with Crippen molar-refractivity contribution in [3.05, 3.63) is 77.4 Å². The van der Waals surface area contributed by atoms with Crippen molar-refractivity contribution in [1.29, 1.82) is 0 Å². The Morgan fingerprint density at radius 1 is 1.17 bits per heavy atom. The number of rotatable bonds is 2. The Balaban J connectivity index is 1.31. The number of carbonyl (C=O) groups excluding carboxylic acids is 3. The average molecular weight is 572 g/mol. The molecule has 2 aromatic heterocycles. The van der Waals surface area contributed by atoms with Gasteiger partial charge >= 0.3 is 0 Å². The minimum absolute atomic E-state index is 0.0208. The van der Waals surface area contributed by atoms with E-state index in [1.807, 2.05) is 13.0 Å². The topological polar surface area (TPSA) is 149 Å². The van der Waals surface area contributed by atoms with Crippen LogP contribution in [-0.4, -0.2) is 81.2 Å². The fraction of sp³-hybridized carbons (Fsp3) is 0.310. The molecule has 4 aromatic rings. The van der Waals surface area contributed by atoms with Gasteiger partial charge in [0, 0.05) is 55.6 Å². The zero-order chi connectivity index (χ0) is 29.2. The molecule has 7 rings (SSSR count). The fourth-order valence-electron chi connectivity index (χ4n) is 5.02. The molecule has 2 aromatic carbocycles. The number of hydrogen-bond acceptors (Lipinski definition) is 9. The van der Waals surface area contributed by atoms with Crippen LogP contribution in [0.1, 0.15) is 38.5 Å². The van der Waals surface area contributed by atoms with Crippen LogP contribution in [0.4, 0.5) is 0 Å². The van der Waals surface area contributed by atoms with Crippen LogP contribution in [0.2, 0.25) is 0 Å². The zero-order valence-electron chi connectivity index (χ0n) is 23.1. The van der Waals surface area contributed by atoms with E-state index in [1.54, 1.807) is 60.8 Å². The van der Waals surface area contributed by atoms with Gasteiger partial charge in [0.2, 0.25) is 5.82 Å². The molecule has 3 amide bonds. The lowest BCUT2D eigenvalue weighted by Crippen LogP contribution is -2.58. The number of benzene rings is 2. The Morgan fingerprint density at radius 3 is 2.88 bits per heavy atom. The molecule has 0 unspecified atom stereocenters. The maximum atomic E-state index is 13.5. The number of fused-ring (bicyclic) bond motifs is 8. The molecule has 42 heavy (non-hydrogen) atoms. The summed E-state index contributed by atoms with van der Waals surface area (Å²) >= 11 is 0. The summed E-state index contributed by atoms with van der Waals surface area (Å²) in [5.74, 6) is 0.776. The minimum atomic E-state index is -0.569. The van der Waals surface area contributed by atoms with Gasteiger partial charge in [-0.15, -0.1) is 5.10 Å². The lowest BCUT2D eigenvalue weighted by Gasteiger charge is -2.38. The second kappa shape index (κ2) is 11.4. The number of amides is 3. The van der Waals surface area contributed by atoms with Crippen molar-refractivity contribution in [2.24, 2.45) is 0 Å². The van der Waals surface area contributed by atoms with E-state index in [0.29, 0.717) is 41.6 Å². The minimum Gasteiger partial charge on any atom is -0.496 e. The molecular formula is C29H29N7O6. The van der Waals surface area contributed by atoms with E-state index in [0.717, 1.165) is 11.1 Å². The van der Waals surface area contributed by atoms with E-state index < -0.39 is 12.1 Å². The molecule has 3 aliphatic heterocycles. The van der Waals surface area contributed by atoms with Gasteiger partial charge in [-0.25, -0.2) is 9.50 Å². The fourth-order valence-corrected chi connectivity index (χ4v) is 5.02. The van der Waals surface area contributed by atoms with Gasteiger partial charge < -0.3 is 29.7 Å². The number of nitrogens with one attached hydrogen (secondary N) is 2. The normalized spacial score (nSPS) is 19.1. The molecule has 216 valence electrons. The van der Waals surface area contributed by atoms with Crippen molar-refractivity contribution in [2.75, 3.05) is 26.8 Å². The Morgan fingerprint density at radius 2 is 2.05 bits per heavy atom. The molecule has 13 heteroatoms. The highest BCUT2D eigenvalue weighted by Crippen LogP contribution is 2.28. The van der Waals surface area contributed by atoms with E-state index in [4.69, 9.17) is 14.2 Å². The SMILES string of the molecule is COc1cc2ccc1CNC(=O)COc1cc(ccc1C)C(=O)N[C@H]1CN(C(=O)c3nc4ncccn4n3)CC[C@H]1O2. The number of hydrogen-bond donors (Lipinski definition) is 2. The van der Waals surface area contributed by atoms with Crippen molar-refractivity contribution < 1.29 is 28.6 Å². The molecular weight excluding hydrogens is 542 g/mol. The first kappa shape index (κ1) is 27.0. The maximum absolute atomic E-state index is 13.5. The van der Waals surface area contributed by atoms with Crippen LogP contribution >= 0.6 is 0 Å². The number of ether oxygens (including phenoxy) is 3. The summed E-state index contributed by atoms with van der Waals surface area (Å²) in [6.07, 6.45) is 3.22. The van der Waals surface area contributed by atoms with E-state index in [9.17, 15) is 14.4 Å². The van der Waals surface area contributed by atoms with Crippen molar-refractivity contribution in [2.45, 2.75) is 32.0 Å². The Bertz CT molecular complexity index is 1640. The molecule has 4 bridgehead atoms. The van der Waals surface area contributed by atoms with Crippen LogP contribution in [0.25, 0.3) is 5.78 Å². The second-order valence-electron chi connectivity index (χ2n) is 10.1. The Hall–Kier alpha value is -5.20. The lowest BCUT2D eigenvalue weighted by atomic mass is 10.0. The predicted octanol–water partition coefficient (Wildman–Crippen LogP) is 1.54. The summed E-state index contributed by atoms with van der Waals surface area (Å²) in [7, 11) is 1.54. The number of likely N-dealkylation sites (tertiary alicyclic amines) is 1. The van der Waals surface area contributed by atoms with Gasteiger partial charge in [0.25, 0.3) is 23.5 Å². The summed E-state index contributed by atoms with van der Waals surface area (Å²) in [5.41, 5.74) is 1.89. The molecule has 2 atom stereocenters. The maximum Gasteiger partial charge on any atom is 0.293 e. The third-order valence-electron chi connectivity index (χ3n) is 7.29. The van der Waals surface area contributed by atoms with Crippen molar-refractivity contribution in [3.63, 3.8) is 0 Å². The van der Waals surface area contributed by atoms with E-state index in [1.165, 1.54) is 4.52 Å². The second-order valence-corrected chi connectivity index (χ2v) is 10.1. The van der Waals surface area contributed by atoms with Gasteiger partial charge in [-0.2, -0.15) is 4.98 Å². The van der Waals surface area contributed by atoms with Gasteiger partial charge in [0.1, 0.15) is 23.4 Å². The summed E-state index contributed by atoms with van der Waals surface area (Å²) in [6, 6.07) is 11.5. The largest absolute Gasteiger partial charge is 0.496 e. The quantitative estimate of drug-likeness (QED) is 0.365. The molecule has 0 radical (unpaired) electrons. The number of methoxy groups -OCH3 is 1. The van der Waals surface area contributed by atoms with Crippen LogP contribution in [-0.2, 0) is 11.3 Å². The summed E-state index contributed by atoms with van der Waals surface area (Å²) in [6.45, 7) is 2.38. The summed E-state index contributed by atoms with van der Waals surface area (Å²) in [5, 5.41) is 10.1. The Labute approximate surface area is 240 Å². The van der Waals surface area contributed by atoms with Crippen molar-refractivity contribution >= 4 is 23.5 Å².